The van der Waals surface area contributed by atoms with Crippen molar-refractivity contribution >= 4 is 0 Å². The van der Waals surface area contributed by atoms with Gasteiger partial charge in [-0.25, -0.2) is 0 Å². The van der Waals surface area contributed by atoms with Crippen LogP contribution in [0.2, 0.25) is 0 Å². The zero-order chi connectivity index (χ0) is 9.73. The van der Waals surface area contributed by atoms with Crippen molar-refractivity contribution in [3.05, 3.63) is 0 Å². The number of aliphatic hydroxyl groups excluding tert-OH is 2. The number of rotatable bonds is 5. The smallest absolute Gasteiger partial charge is 0.0521 e. The van der Waals surface area contributed by atoms with Crippen molar-refractivity contribution in [3.8, 4) is 0 Å². The lowest BCUT2D eigenvalue weighted by Crippen LogP contribution is -2.41. The Morgan fingerprint density at radius 3 is 2.08 bits per heavy atom. The Labute approximate surface area is 80.4 Å². The molecular weight excluding hydrogens is 166 g/mol. The van der Waals surface area contributed by atoms with E-state index in [2.05, 4.69) is 4.90 Å². The monoisotopic (exact) mass is 187 g/mol. The van der Waals surface area contributed by atoms with E-state index in [1.165, 1.54) is 12.8 Å². The van der Waals surface area contributed by atoms with Gasteiger partial charge < -0.3 is 15.1 Å². The van der Waals surface area contributed by atoms with Gasteiger partial charge in [0.25, 0.3) is 0 Å². The van der Waals surface area contributed by atoms with Gasteiger partial charge in [0.1, 0.15) is 0 Å². The van der Waals surface area contributed by atoms with Crippen molar-refractivity contribution in [2.45, 2.75) is 26.2 Å². The molecule has 1 rings (SSSR count). The van der Waals surface area contributed by atoms with E-state index < -0.39 is 0 Å². The first-order valence-corrected chi connectivity index (χ1v) is 5.20. The predicted octanol–water partition coefficient (Wildman–Crippen LogP) is 0.463. The van der Waals surface area contributed by atoms with Gasteiger partial charge in [-0.05, 0) is 32.4 Å². The minimum absolute atomic E-state index is 0.0938. The molecule has 0 atom stereocenters. The number of likely N-dealkylation sites (tertiary alicyclic amines) is 1. The summed E-state index contributed by atoms with van der Waals surface area (Å²) in [6, 6.07) is 0. The summed E-state index contributed by atoms with van der Waals surface area (Å²) in [5.41, 5.74) is -0.273. The number of nitrogens with zero attached hydrogens (tertiary/aromatic N) is 1. The molecule has 0 unspecified atom stereocenters. The van der Waals surface area contributed by atoms with Crippen LogP contribution in [0.15, 0.2) is 0 Å². The molecule has 2 N–H and O–H groups in total. The van der Waals surface area contributed by atoms with Crippen molar-refractivity contribution in [1.82, 2.24) is 4.90 Å². The van der Waals surface area contributed by atoms with Crippen LogP contribution in [0.3, 0.4) is 0 Å². The highest BCUT2D eigenvalue weighted by Gasteiger charge is 2.30. The predicted molar refractivity (Wildman–Crippen MR) is 52.6 cm³/mol. The molecule has 0 saturated carbocycles. The summed E-state index contributed by atoms with van der Waals surface area (Å²) in [4.78, 5) is 2.34. The summed E-state index contributed by atoms with van der Waals surface area (Å²) >= 11 is 0. The molecule has 78 valence electrons. The lowest BCUT2D eigenvalue weighted by molar-refractivity contribution is 0.0239. The quantitative estimate of drug-likeness (QED) is 0.657. The molecule has 0 aromatic rings. The van der Waals surface area contributed by atoms with Gasteiger partial charge in [0, 0.05) is 12.0 Å². The molecule has 0 spiro atoms. The first-order valence-electron chi connectivity index (χ1n) is 5.20. The van der Waals surface area contributed by atoms with Crippen LogP contribution in [0.1, 0.15) is 26.2 Å². The van der Waals surface area contributed by atoms with Gasteiger partial charge in [0.05, 0.1) is 13.2 Å². The summed E-state index contributed by atoms with van der Waals surface area (Å²) in [6.45, 7) is 5.31. The number of aliphatic hydroxyl groups is 2. The fourth-order valence-electron chi connectivity index (χ4n) is 1.90. The van der Waals surface area contributed by atoms with Crippen LogP contribution in [-0.4, -0.2) is 48.0 Å². The second kappa shape index (κ2) is 4.94. The Hall–Kier alpha value is -0.120. The van der Waals surface area contributed by atoms with Crippen LogP contribution in [0, 0.1) is 5.41 Å². The average molecular weight is 187 g/mol. The second-order valence-electron chi connectivity index (χ2n) is 4.15. The SMILES string of the molecule is CCC(CO)(CO)CN1CCCC1. The molecule has 1 saturated heterocycles. The highest BCUT2D eigenvalue weighted by atomic mass is 16.3. The fraction of sp³-hybridized carbons (Fsp3) is 1.00. The maximum atomic E-state index is 9.25. The Balaban J connectivity index is 2.44. The van der Waals surface area contributed by atoms with Crippen molar-refractivity contribution in [3.63, 3.8) is 0 Å². The number of hydrogen-bond acceptors (Lipinski definition) is 3. The lowest BCUT2D eigenvalue weighted by Gasteiger charge is -2.32. The molecule has 0 aromatic carbocycles. The van der Waals surface area contributed by atoms with Crippen LogP contribution in [-0.2, 0) is 0 Å². The average Bonchev–Trinajstić information content (AvgIpc) is 2.67. The molecule has 0 aliphatic carbocycles. The largest absolute Gasteiger partial charge is 0.396 e. The second-order valence-corrected chi connectivity index (χ2v) is 4.15. The van der Waals surface area contributed by atoms with Crippen molar-refractivity contribution in [1.29, 1.82) is 0 Å². The van der Waals surface area contributed by atoms with Gasteiger partial charge in [-0.2, -0.15) is 0 Å². The van der Waals surface area contributed by atoms with Crippen molar-refractivity contribution in [2.24, 2.45) is 5.41 Å². The summed E-state index contributed by atoms with van der Waals surface area (Å²) < 4.78 is 0. The summed E-state index contributed by atoms with van der Waals surface area (Å²) in [5, 5.41) is 18.5. The highest BCUT2D eigenvalue weighted by Crippen LogP contribution is 2.23. The third kappa shape index (κ3) is 2.66. The van der Waals surface area contributed by atoms with Gasteiger partial charge in [0.2, 0.25) is 0 Å². The van der Waals surface area contributed by atoms with Crippen LogP contribution in [0.4, 0.5) is 0 Å². The standard InChI is InChI=1S/C10H21NO2/c1-2-10(8-12,9-13)7-11-5-3-4-6-11/h12-13H,2-9H2,1H3. The van der Waals surface area contributed by atoms with Crippen LogP contribution >= 0.6 is 0 Å². The van der Waals surface area contributed by atoms with Gasteiger partial charge in [-0.3, -0.25) is 0 Å². The van der Waals surface area contributed by atoms with Gasteiger partial charge >= 0.3 is 0 Å². The van der Waals surface area contributed by atoms with Gasteiger partial charge in [-0.15, -0.1) is 0 Å². The van der Waals surface area contributed by atoms with E-state index in [1.54, 1.807) is 0 Å². The van der Waals surface area contributed by atoms with Crippen molar-refractivity contribution < 1.29 is 10.2 Å². The minimum atomic E-state index is -0.273. The van der Waals surface area contributed by atoms with E-state index in [4.69, 9.17) is 0 Å². The maximum Gasteiger partial charge on any atom is 0.0521 e. The van der Waals surface area contributed by atoms with Crippen molar-refractivity contribution in [2.75, 3.05) is 32.8 Å². The zero-order valence-corrected chi connectivity index (χ0v) is 8.50. The van der Waals surface area contributed by atoms with E-state index in [0.717, 1.165) is 26.1 Å². The molecule has 0 amide bonds. The van der Waals surface area contributed by atoms with Crippen LogP contribution < -0.4 is 0 Å². The highest BCUT2D eigenvalue weighted by molar-refractivity contribution is 4.82. The molecule has 3 nitrogen and oxygen atoms in total. The molecule has 1 aliphatic rings. The van der Waals surface area contributed by atoms with E-state index in [-0.39, 0.29) is 18.6 Å². The molecule has 1 heterocycles. The summed E-state index contributed by atoms with van der Waals surface area (Å²) in [6.07, 6.45) is 3.36. The molecule has 13 heavy (non-hydrogen) atoms. The molecule has 0 bridgehead atoms. The molecule has 1 fully saturated rings. The van der Waals surface area contributed by atoms with Gasteiger partial charge in [-0.1, -0.05) is 6.92 Å². The Kier molecular flexibility index (Phi) is 4.16. The van der Waals surface area contributed by atoms with E-state index in [9.17, 15) is 10.2 Å². The maximum absolute atomic E-state index is 9.25. The normalized spacial score (nSPS) is 19.6. The number of hydrogen-bond donors (Lipinski definition) is 2. The lowest BCUT2D eigenvalue weighted by atomic mass is 9.86. The topological polar surface area (TPSA) is 43.7 Å². The first kappa shape index (κ1) is 11.0. The van der Waals surface area contributed by atoms with E-state index in [1.807, 2.05) is 6.92 Å². The summed E-state index contributed by atoms with van der Waals surface area (Å²) in [5.74, 6) is 0. The Morgan fingerprint density at radius 1 is 1.15 bits per heavy atom. The molecule has 0 aromatic heterocycles. The van der Waals surface area contributed by atoms with Crippen LogP contribution in [0.5, 0.6) is 0 Å². The van der Waals surface area contributed by atoms with Gasteiger partial charge in [0.15, 0.2) is 0 Å². The third-order valence-electron chi connectivity index (χ3n) is 3.18. The first-order chi connectivity index (χ1) is 6.26. The Morgan fingerprint density at radius 2 is 1.69 bits per heavy atom. The molecular formula is C10H21NO2. The third-order valence-corrected chi connectivity index (χ3v) is 3.18. The minimum Gasteiger partial charge on any atom is -0.396 e. The molecule has 1 aliphatic heterocycles. The fourth-order valence-corrected chi connectivity index (χ4v) is 1.90. The molecule has 0 radical (unpaired) electrons. The summed E-state index contributed by atoms with van der Waals surface area (Å²) in [7, 11) is 0. The zero-order valence-electron chi connectivity index (χ0n) is 8.50. The van der Waals surface area contributed by atoms with Crippen LogP contribution in [0.25, 0.3) is 0 Å². The van der Waals surface area contributed by atoms with E-state index >= 15 is 0 Å². The Bertz CT molecular complexity index is 132. The molecule has 3 heteroatoms. The van der Waals surface area contributed by atoms with E-state index in [0.29, 0.717) is 0 Å².